The molecule has 0 heterocycles. The number of nitrogens with zero attached hydrogens (tertiary/aromatic N) is 2. The van der Waals surface area contributed by atoms with Gasteiger partial charge >= 0.3 is 0 Å². The van der Waals surface area contributed by atoms with Crippen molar-refractivity contribution in [2.75, 3.05) is 17.4 Å². The molecule has 0 aliphatic rings. The highest BCUT2D eigenvalue weighted by Crippen LogP contribution is 2.27. The molecule has 0 radical (unpaired) electrons. The molecule has 1 atom stereocenters. The van der Waals surface area contributed by atoms with Gasteiger partial charge in [-0.15, -0.1) is 0 Å². The molecule has 9 heteroatoms. The van der Waals surface area contributed by atoms with E-state index in [4.69, 9.17) is 0 Å². The summed E-state index contributed by atoms with van der Waals surface area (Å²) in [6.45, 7) is 5.24. The second-order valence-corrected chi connectivity index (χ2v) is 12.2. The molecule has 0 saturated heterocycles. The van der Waals surface area contributed by atoms with Gasteiger partial charge in [0.1, 0.15) is 18.4 Å². The number of aryl methyl sites for hydroxylation is 2. The quantitative estimate of drug-likeness (QED) is 0.235. The van der Waals surface area contributed by atoms with Crippen molar-refractivity contribution in [2.24, 2.45) is 0 Å². The molecule has 0 aliphatic heterocycles. The third-order valence-corrected chi connectivity index (χ3v) is 8.88. The Hall–Kier alpha value is -4.50. The van der Waals surface area contributed by atoms with Crippen LogP contribution in [0.4, 0.5) is 10.1 Å². The number of para-hydroxylation sites is 1. The summed E-state index contributed by atoms with van der Waals surface area (Å²) in [7, 11) is -4.37. The Bertz CT molecular complexity index is 1640. The van der Waals surface area contributed by atoms with Gasteiger partial charge in [-0.05, 0) is 56.2 Å². The molecule has 1 unspecified atom stereocenters. The summed E-state index contributed by atoms with van der Waals surface area (Å²) < 4.78 is 43.9. The lowest BCUT2D eigenvalue weighted by Crippen LogP contribution is -2.53. The molecule has 43 heavy (non-hydrogen) atoms. The average Bonchev–Trinajstić information content (AvgIpc) is 3.00. The van der Waals surface area contributed by atoms with Crippen LogP contribution < -0.4 is 9.62 Å². The zero-order chi connectivity index (χ0) is 31.0. The molecule has 0 bridgehead atoms. The van der Waals surface area contributed by atoms with Gasteiger partial charge in [0, 0.05) is 19.5 Å². The second kappa shape index (κ2) is 14.1. The standard InChI is InChI=1S/C34H36FN3O4S/c1-4-36-34(40)32(22-27-10-6-5-7-11-27)37(23-28-18-14-25(2)15-19-28)33(39)24-38(31-13-9-8-12-30(31)35)43(41,42)29-20-16-26(3)17-21-29/h5-21,32H,4,22-24H2,1-3H3,(H,36,40). The van der Waals surface area contributed by atoms with Crippen molar-refractivity contribution < 1.29 is 22.4 Å². The van der Waals surface area contributed by atoms with Crippen LogP contribution in [0.15, 0.2) is 108 Å². The van der Waals surface area contributed by atoms with Gasteiger partial charge in [0.2, 0.25) is 11.8 Å². The summed E-state index contributed by atoms with van der Waals surface area (Å²) in [5, 5.41) is 2.83. The Labute approximate surface area is 253 Å². The number of carbonyl (C=O) groups excluding carboxylic acids is 2. The van der Waals surface area contributed by atoms with E-state index in [0.29, 0.717) is 6.54 Å². The molecule has 0 fully saturated rings. The van der Waals surface area contributed by atoms with E-state index in [2.05, 4.69) is 5.32 Å². The van der Waals surface area contributed by atoms with Crippen molar-refractivity contribution in [1.82, 2.24) is 10.2 Å². The second-order valence-electron chi connectivity index (χ2n) is 10.4. The number of amides is 2. The van der Waals surface area contributed by atoms with Crippen LogP contribution in [0.1, 0.15) is 29.2 Å². The number of carbonyl (C=O) groups is 2. The van der Waals surface area contributed by atoms with E-state index in [9.17, 15) is 18.0 Å². The Balaban J connectivity index is 1.80. The third-order valence-electron chi connectivity index (χ3n) is 7.10. The van der Waals surface area contributed by atoms with Crippen LogP contribution in [-0.2, 0) is 32.6 Å². The zero-order valence-corrected chi connectivity index (χ0v) is 25.4. The fourth-order valence-electron chi connectivity index (χ4n) is 4.74. The molecule has 4 rings (SSSR count). The molecule has 1 N–H and O–H groups in total. The molecule has 7 nitrogen and oxygen atoms in total. The Morgan fingerprint density at radius 3 is 1.98 bits per heavy atom. The molecule has 0 saturated carbocycles. The number of likely N-dealkylation sites (N-methyl/N-ethyl adjacent to an activating group) is 1. The molecule has 4 aromatic carbocycles. The summed E-state index contributed by atoms with van der Waals surface area (Å²) in [5.74, 6) is -1.81. The van der Waals surface area contributed by atoms with E-state index in [-0.39, 0.29) is 29.5 Å². The smallest absolute Gasteiger partial charge is 0.264 e. The highest BCUT2D eigenvalue weighted by atomic mass is 32.2. The molecular weight excluding hydrogens is 565 g/mol. The van der Waals surface area contributed by atoms with Crippen LogP contribution in [-0.4, -0.2) is 44.3 Å². The molecule has 224 valence electrons. The Morgan fingerprint density at radius 1 is 0.791 bits per heavy atom. The van der Waals surface area contributed by atoms with Gasteiger partial charge in [-0.1, -0.05) is 90.0 Å². The van der Waals surface area contributed by atoms with Crippen LogP contribution in [0.2, 0.25) is 0 Å². The van der Waals surface area contributed by atoms with E-state index in [0.717, 1.165) is 32.6 Å². The van der Waals surface area contributed by atoms with E-state index in [1.165, 1.54) is 35.2 Å². The monoisotopic (exact) mass is 601 g/mol. The number of hydrogen-bond acceptors (Lipinski definition) is 4. The normalized spacial score (nSPS) is 11.9. The summed E-state index contributed by atoms with van der Waals surface area (Å²) in [4.78, 5) is 29.1. The molecule has 2 amide bonds. The van der Waals surface area contributed by atoms with Crippen molar-refractivity contribution in [1.29, 1.82) is 0 Å². The number of anilines is 1. The summed E-state index contributed by atoms with van der Waals surface area (Å²) in [5.41, 5.74) is 3.21. The van der Waals surface area contributed by atoms with Crippen LogP contribution >= 0.6 is 0 Å². The van der Waals surface area contributed by atoms with Gasteiger partial charge in [-0.2, -0.15) is 0 Å². The number of halogens is 1. The van der Waals surface area contributed by atoms with E-state index in [1.54, 1.807) is 19.1 Å². The van der Waals surface area contributed by atoms with Crippen LogP contribution in [0.25, 0.3) is 0 Å². The minimum Gasteiger partial charge on any atom is -0.355 e. The lowest BCUT2D eigenvalue weighted by atomic mass is 10.0. The van der Waals surface area contributed by atoms with Gasteiger partial charge < -0.3 is 10.2 Å². The highest BCUT2D eigenvalue weighted by molar-refractivity contribution is 7.92. The van der Waals surface area contributed by atoms with Gasteiger partial charge in [0.25, 0.3) is 10.0 Å². The van der Waals surface area contributed by atoms with Crippen molar-refractivity contribution in [2.45, 2.75) is 44.7 Å². The van der Waals surface area contributed by atoms with Gasteiger partial charge in [0.05, 0.1) is 10.6 Å². The topological polar surface area (TPSA) is 86.8 Å². The van der Waals surface area contributed by atoms with E-state index >= 15 is 4.39 Å². The number of nitrogens with one attached hydrogen (secondary N) is 1. The Morgan fingerprint density at radius 2 is 1.37 bits per heavy atom. The molecule has 0 aromatic heterocycles. The zero-order valence-electron chi connectivity index (χ0n) is 24.5. The minimum absolute atomic E-state index is 0.0451. The first-order valence-electron chi connectivity index (χ1n) is 14.1. The van der Waals surface area contributed by atoms with Crippen molar-refractivity contribution in [3.05, 3.63) is 131 Å². The third kappa shape index (κ3) is 7.87. The molecule has 0 spiro atoms. The van der Waals surface area contributed by atoms with Gasteiger partial charge in [-0.25, -0.2) is 12.8 Å². The van der Waals surface area contributed by atoms with E-state index in [1.807, 2.05) is 68.4 Å². The van der Waals surface area contributed by atoms with Crippen molar-refractivity contribution in [3.8, 4) is 0 Å². The lowest BCUT2D eigenvalue weighted by Gasteiger charge is -2.34. The van der Waals surface area contributed by atoms with Gasteiger partial charge in [-0.3, -0.25) is 13.9 Å². The van der Waals surface area contributed by atoms with Crippen LogP contribution in [0.5, 0.6) is 0 Å². The number of hydrogen-bond donors (Lipinski definition) is 1. The average molecular weight is 602 g/mol. The number of sulfonamides is 1. The summed E-state index contributed by atoms with van der Waals surface area (Å²) >= 11 is 0. The van der Waals surface area contributed by atoms with Crippen molar-refractivity contribution in [3.63, 3.8) is 0 Å². The number of benzene rings is 4. The lowest BCUT2D eigenvalue weighted by molar-refractivity contribution is -0.140. The predicted molar refractivity (Wildman–Crippen MR) is 166 cm³/mol. The highest BCUT2D eigenvalue weighted by Gasteiger charge is 2.35. The fourth-order valence-corrected chi connectivity index (χ4v) is 6.16. The summed E-state index contributed by atoms with van der Waals surface area (Å²) in [6.07, 6.45) is 0.203. The minimum atomic E-state index is -4.37. The maximum atomic E-state index is 15.2. The first kappa shape index (κ1) is 31.4. The van der Waals surface area contributed by atoms with Crippen LogP contribution in [0.3, 0.4) is 0 Å². The number of rotatable bonds is 12. The summed E-state index contributed by atoms with van der Waals surface area (Å²) in [6, 6.07) is 27.5. The largest absolute Gasteiger partial charge is 0.355 e. The molecule has 0 aliphatic carbocycles. The maximum absolute atomic E-state index is 15.2. The Kier molecular flexibility index (Phi) is 10.3. The van der Waals surface area contributed by atoms with Crippen molar-refractivity contribution >= 4 is 27.5 Å². The van der Waals surface area contributed by atoms with Gasteiger partial charge in [0.15, 0.2) is 0 Å². The first-order valence-corrected chi connectivity index (χ1v) is 15.5. The predicted octanol–water partition coefficient (Wildman–Crippen LogP) is 5.41. The SMILES string of the molecule is CCNC(=O)C(Cc1ccccc1)N(Cc1ccc(C)cc1)C(=O)CN(c1ccccc1F)S(=O)(=O)c1ccc(C)cc1. The molecule has 4 aromatic rings. The fraction of sp³-hybridized carbons (Fsp3) is 0.235. The maximum Gasteiger partial charge on any atom is 0.264 e. The van der Waals surface area contributed by atoms with E-state index < -0.39 is 34.3 Å². The molecular formula is C34H36FN3O4S. The first-order chi connectivity index (χ1) is 20.6. The van der Waals surface area contributed by atoms with Crippen LogP contribution in [0, 0.1) is 19.7 Å².